The molecule has 0 aliphatic rings. The van der Waals surface area contributed by atoms with Gasteiger partial charge in [0, 0.05) is 5.56 Å². The number of carbonyl (C=O) groups is 2. The summed E-state index contributed by atoms with van der Waals surface area (Å²) in [6, 6.07) is 13.8. The van der Waals surface area contributed by atoms with E-state index in [0.29, 0.717) is 16.9 Å². The van der Waals surface area contributed by atoms with Crippen LogP contribution in [0.4, 0.5) is 0 Å². The molecule has 0 aromatic heterocycles. The molecule has 0 unspecified atom stereocenters. The predicted octanol–water partition coefficient (Wildman–Crippen LogP) is 3.76. The number of ketones is 1. The lowest BCUT2D eigenvalue weighted by Gasteiger charge is -2.17. The third kappa shape index (κ3) is 4.70. The number of nitriles is 1. The van der Waals surface area contributed by atoms with Crippen LogP contribution >= 0.6 is 0 Å². The largest absolute Gasteiger partial charge is 0.479 e. The first-order valence-electron chi connectivity index (χ1n) is 8.30. The molecule has 0 heterocycles. The fraction of sp³-hybridized carbons (Fsp3) is 0.286. The van der Waals surface area contributed by atoms with E-state index in [0.717, 1.165) is 11.1 Å². The van der Waals surface area contributed by atoms with Gasteiger partial charge in [0.15, 0.2) is 12.2 Å². The fourth-order valence-electron chi connectivity index (χ4n) is 2.31. The number of Topliss-reactive ketones (excluding diaryl/α,β-unsaturated/α-hetero) is 1. The van der Waals surface area contributed by atoms with Crippen molar-refractivity contribution in [1.29, 1.82) is 5.26 Å². The molecule has 5 nitrogen and oxygen atoms in total. The zero-order chi connectivity index (χ0) is 19.3. The standard InChI is InChI=1S/C21H21NO4/c1-13-5-8-18(11-14(13)2)20(23)15(3)26-21(24)16(4)25-19-9-6-17(12-22)7-10-19/h5-11,15-16H,1-4H3/t15-,16-/m1/s1. The lowest BCUT2D eigenvalue weighted by atomic mass is 10.0. The van der Waals surface area contributed by atoms with E-state index in [1.165, 1.54) is 0 Å². The Kier molecular flexibility index (Phi) is 6.13. The van der Waals surface area contributed by atoms with Gasteiger partial charge in [-0.25, -0.2) is 4.79 Å². The number of aryl methyl sites for hydroxylation is 2. The van der Waals surface area contributed by atoms with Gasteiger partial charge in [0.05, 0.1) is 11.6 Å². The topological polar surface area (TPSA) is 76.4 Å². The van der Waals surface area contributed by atoms with E-state index in [2.05, 4.69) is 0 Å². The van der Waals surface area contributed by atoms with Crippen molar-refractivity contribution in [2.45, 2.75) is 39.9 Å². The lowest BCUT2D eigenvalue weighted by Crippen LogP contribution is -2.32. The Labute approximate surface area is 153 Å². The van der Waals surface area contributed by atoms with E-state index in [1.54, 1.807) is 50.2 Å². The maximum absolute atomic E-state index is 12.4. The third-order valence-corrected chi connectivity index (χ3v) is 4.08. The van der Waals surface area contributed by atoms with E-state index >= 15 is 0 Å². The molecule has 2 rings (SSSR count). The molecule has 2 atom stereocenters. The summed E-state index contributed by atoms with van der Waals surface area (Å²) in [5.41, 5.74) is 3.11. The van der Waals surface area contributed by atoms with Crippen molar-refractivity contribution >= 4 is 11.8 Å². The van der Waals surface area contributed by atoms with Crippen LogP contribution in [0.25, 0.3) is 0 Å². The smallest absolute Gasteiger partial charge is 0.347 e. The van der Waals surface area contributed by atoms with Crippen molar-refractivity contribution in [3.05, 3.63) is 64.7 Å². The van der Waals surface area contributed by atoms with Crippen molar-refractivity contribution in [3.63, 3.8) is 0 Å². The third-order valence-electron chi connectivity index (χ3n) is 4.08. The monoisotopic (exact) mass is 351 g/mol. The molecule has 0 aliphatic carbocycles. The number of carbonyl (C=O) groups excluding carboxylic acids is 2. The van der Waals surface area contributed by atoms with Gasteiger partial charge in [0.1, 0.15) is 5.75 Å². The number of nitrogens with zero attached hydrogens (tertiary/aromatic N) is 1. The van der Waals surface area contributed by atoms with Gasteiger partial charge in [-0.2, -0.15) is 5.26 Å². The van der Waals surface area contributed by atoms with E-state index in [-0.39, 0.29) is 5.78 Å². The zero-order valence-electron chi connectivity index (χ0n) is 15.3. The molecular formula is C21H21NO4. The van der Waals surface area contributed by atoms with Crippen molar-refractivity contribution in [3.8, 4) is 11.8 Å². The normalized spacial score (nSPS) is 12.6. The summed E-state index contributed by atoms with van der Waals surface area (Å²) in [5.74, 6) is -0.437. The van der Waals surface area contributed by atoms with Crippen LogP contribution in [0.5, 0.6) is 5.75 Å². The number of benzene rings is 2. The maximum Gasteiger partial charge on any atom is 0.347 e. The van der Waals surface area contributed by atoms with E-state index in [4.69, 9.17) is 14.7 Å². The molecule has 0 saturated heterocycles. The number of hydrogen-bond acceptors (Lipinski definition) is 5. The molecule has 0 N–H and O–H groups in total. The first-order chi connectivity index (χ1) is 12.3. The molecule has 0 spiro atoms. The van der Waals surface area contributed by atoms with Crippen LogP contribution in [0.15, 0.2) is 42.5 Å². The van der Waals surface area contributed by atoms with Crippen LogP contribution in [0.2, 0.25) is 0 Å². The Morgan fingerprint density at radius 2 is 1.62 bits per heavy atom. The number of esters is 1. The van der Waals surface area contributed by atoms with Crippen LogP contribution < -0.4 is 4.74 Å². The van der Waals surface area contributed by atoms with E-state index in [9.17, 15) is 9.59 Å². The highest BCUT2D eigenvalue weighted by atomic mass is 16.6. The summed E-state index contributed by atoms with van der Waals surface area (Å²) in [4.78, 5) is 24.6. The van der Waals surface area contributed by atoms with Gasteiger partial charge in [0.2, 0.25) is 5.78 Å². The second-order valence-electron chi connectivity index (χ2n) is 6.14. The first kappa shape index (κ1) is 19.2. The minimum atomic E-state index is -0.906. The van der Waals surface area contributed by atoms with Crippen LogP contribution in [0.3, 0.4) is 0 Å². The van der Waals surface area contributed by atoms with Gasteiger partial charge in [0.25, 0.3) is 0 Å². The summed E-state index contributed by atoms with van der Waals surface area (Å²) < 4.78 is 10.8. The predicted molar refractivity (Wildman–Crippen MR) is 97.0 cm³/mol. The van der Waals surface area contributed by atoms with Gasteiger partial charge < -0.3 is 9.47 Å². The minimum absolute atomic E-state index is 0.257. The summed E-state index contributed by atoms with van der Waals surface area (Å²) in [5, 5.41) is 8.78. The van der Waals surface area contributed by atoms with Crippen molar-refractivity contribution < 1.29 is 19.1 Å². The number of ether oxygens (including phenoxy) is 2. The number of hydrogen-bond donors (Lipinski definition) is 0. The first-order valence-corrected chi connectivity index (χ1v) is 8.30. The van der Waals surface area contributed by atoms with Crippen LogP contribution in [-0.2, 0) is 9.53 Å². The fourth-order valence-corrected chi connectivity index (χ4v) is 2.31. The van der Waals surface area contributed by atoms with Crippen molar-refractivity contribution in [1.82, 2.24) is 0 Å². The van der Waals surface area contributed by atoms with Gasteiger partial charge in [-0.3, -0.25) is 4.79 Å². The molecule has 0 bridgehead atoms. The summed E-state index contributed by atoms with van der Waals surface area (Å²) in [7, 11) is 0. The molecule has 0 radical (unpaired) electrons. The molecule has 2 aromatic carbocycles. The van der Waals surface area contributed by atoms with Crippen molar-refractivity contribution in [2.75, 3.05) is 0 Å². The summed E-state index contributed by atoms with van der Waals surface area (Å²) in [6.07, 6.45) is -1.78. The molecule has 2 aromatic rings. The Hall–Kier alpha value is -3.13. The summed E-state index contributed by atoms with van der Waals surface area (Å²) >= 11 is 0. The number of rotatable bonds is 6. The molecule has 0 amide bonds. The Bertz CT molecular complexity index is 849. The van der Waals surface area contributed by atoms with Gasteiger partial charge in [-0.15, -0.1) is 0 Å². The highest BCUT2D eigenvalue weighted by Gasteiger charge is 2.24. The highest BCUT2D eigenvalue weighted by Crippen LogP contribution is 2.16. The average molecular weight is 351 g/mol. The molecule has 0 aliphatic heterocycles. The van der Waals surface area contributed by atoms with E-state index < -0.39 is 18.2 Å². The van der Waals surface area contributed by atoms with Crippen LogP contribution in [0.1, 0.15) is 40.9 Å². The SMILES string of the molecule is Cc1ccc(C(=O)[C@@H](C)OC(=O)[C@@H](C)Oc2ccc(C#N)cc2)cc1C. The second kappa shape index (κ2) is 8.30. The van der Waals surface area contributed by atoms with Gasteiger partial charge in [-0.1, -0.05) is 12.1 Å². The minimum Gasteiger partial charge on any atom is -0.479 e. The highest BCUT2D eigenvalue weighted by molar-refractivity contribution is 6.00. The quantitative estimate of drug-likeness (QED) is 0.585. The Morgan fingerprint density at radius 1 is 0.962 bits per heavy atom. The molecule has 0 fully saturated rings. The molecule has 5 heteroatoms. The Morgan fingerprint density at radius 3 is 2.19 bits per heavy atom. The molecular weight excluding hydrogens is 330 g/mol. The van der Waals surface area contributed by atoms with Crippen LogP contribution in [-0.4, -0.2) is 24.0 Å². The van der Waals surface area contributed by atoms with Gasteiger partial charge >= 0.3 is 5.97 Å². The Balaban J connectivity index is 1.97. The lowest BCUT2D eigenvalue weighted by molar-refractivity contribution is -0.153. The summed E-state index contributed by atoms with van der Waals surface area (Å²) in [6.45, 7) is 6.99. The maximum atomic E-state index is 12.4. The molecule has 26 heavy (non-hydrogen) atoms. The van der Waals surface area contributed by atoms with E-state index in [1.807, 2.05) is 26.0 Å². The molecule has 134 valence electrons. The van der Waals surface area contributed by atoms with Crippen molar-refractivity contribution in [2.24, 2.45) is 0 Å². The van der Waals surface area contributed by atoms with Gasteiger partial charge in [-0.05, 0) is 69.2 Å². The second-order valence-corrected chi connectivity index (χ2v) is 6.14. The van der Waals surface area contributed by atoms with Crippen LogP contribution in [0, 0.1) is 25.2 Å². The average Bonchev–Trinajstić information content (AvgIpc) is 2.63. The molecule has 0 saturated carbocycles. The zero-order valence-corrected chi connectivity index (χ0v) is 15.3.